The average Bonchev–Trinajstić information content (AvgIpc) is 2.45. The number of hydrogen-bond donors (Lipinski definition) is 1. The van der Waals surface area contributed by atoms with Crippen molar-refractivity contribution < 1.29 is 28.0 Å². The average molecular weight is 320 g/mol. The Kier molecular flexibility index (Phi) is 4.06. The molecule has 8 nitrogen and oxygen atoms in total. The standard InChI is InChI=1S/C11H11F3N4O4/c12-11(13,14)7-5-8(18(21)22)9(15-6-7)16-1-3-17(4-2-16)10(19)20/h5-6H,1-4H2,(H,19,20). The van der Waals surface area contributed by atoms with Crippen molar-refractivity contribution in [2.45, 2.75) is 6.18 Å². The van der Waals surface area contributed by atoms with Crippen molar-refractivity contribution in [1.29, 1.82) is 0 Å². The first-order valence-electron chi connectivity index (χ1n) is 6.14. The summed E-state index contributed by atoms with van der Waals surface area (Å²) in [6.07, 6.45) is -5.31. The summed E-state index contributed by atoms with van der Waals surface area (Å²) in [6, 6.07) is 0.436. The number of piperazine rings is 1. The quantitative estimate of drug-likeness (QED) is 0.659. The highest BCUT2D eigenvalue weighted by molar-refractivity contribution is 5.66. The van der Waals surface area contributed by atoms with Gasteiger partial charge in [-0.25, -0.2) is 9.78 Å². The van der Waals surface area contributed by atoms with Crippen LogP contribution in [0, 0.1) is 10.1 Å². The second-order valence-corrected chi connectivity index (χ2v) is 4.58. The van der Waals surface area contributed by atoms with Crippen molar-refractivity contribution in [3.63, 3.8) is 0 Å². The molecule has 2 rings (SSSR count). The Morgan fingerprint density at radius 3 is 2.36 bits per heavy atom. The minimum atomic E-state index is -4.72. The molecule has 1 aromatic rings. The smallest absolute Gasteiger partial charge is 0.418 e. The molecule has 1 fully saturated rings. The summed E-state index contributed by atoms with van der Waals surface area (Å²) in [5.74, 6) is -0.192. The number of anilines is 1. The van der Waals surface area contributed by atoms with Gasteiger partial charge in [0, 0.05) is 38.4 Å². The Morgan fingerprint density at radius 2 is 1.91 bits per heavy atom. The topological polar surface area (TPSA) is 99.8 Å². The summed E-state index contributed by atoms with van der Waals surface area (Å²) in [7, 11) is 0. The third-order valence-corrected chi connectivity index (χ3v) is 3.22. The third-order valence-electron chi connectivity index (χ3n) is 3.22. The van der Waals surface area contributed by atoms with Gasteiger partial charge in [0.15, 0.2) is 0 Å². The van der Waals surface area contributed by atoms with Crippen LogP contribution in [-0.4, -0.2) is 52.2 Å². The van der Waals surface area contributed by atoms with Gasteiger partial charge in [0.25, 0.3) is 0 Å². The maximum absolute atomic E-state index is 12.6. The summed E-state index contributed by atoms with van der Waals surface area (Å²) in [4.78, 5) is 26.9. The van der Waals surface area contributed by atoms with Crippen molar-refractivity contribution in [2.75, 3.05) is 31.1 Å². The number of carbonyl (C=O) groups is 1. The number of nitrogens with zero attached hydrogens (tertiary/aromatic N) is 4. The minimum Gasteiger partial charge on any atom is -0.465 e. The van der Waals surface area contributed by atoms with E-state index in [0.29, 0.717) is 12.3 Å². The molecule has 2 heterocycles. The Hall–Kier alpha value is -2.59. The molecule has 1 N–H and O–H groups in total. The van der Waals surface area contributed by atoms with Gasteiger partial charge in [-0.1, -0.05) is 0 Å². The highest BCUT2D eigenvalue weighted by Crippen LogP contribution is 2.34. The van der Waals surface area contributed by atoms with Crippen molar-refractivity contribution >= 4 is 17.6 Å². The van der Waals surface area contributed by atoms with E-state index in [-0.39, 0.29) is 32.0 Å². The minimum absolute atomic E-state index is 0.0925. The first-order chi connectivity index (χ1) is 10.2. The molecule has 0 saturated carbocycles. The fourth-order valence-electron chi connectivity index (χ4n) is 2.09. The zero-order chi connectivity index (χ0) is 16.5. The van der Waals surface area contributed by atoms with Crippen LogP contribution >= 0.6 is 0 Å². The fourth-order valence-corrected chi connectivity index (χ4v) is 2.09. The molecule has 0 atom stereocenters. The van der Waals surface area contributed by atoms with E-state index in [1.807, 2.05) is 0 Å². The van der Waals surface area contributed by atoms with E-state index in [1.165, 1.54) is 4.90 Å². The Labute approximate surface area is 121 Å². The number of pyridine rings is 1. The van der Waals surface area contributed by atoms with E-state index in [4.69, 9.17) is 5.11 Å². The maximum atomic E-state index is 12.6. The number of nitro groups is 1. The van der Waals surface area contributed by atoms with E-state index in [9.17, 15) is 28.1 Å². The molecule has 1 saturated heterocycles. The lowest BCUT2D eigenvalue weighted by Gasteiger charge is -2.33. The number of amides is 1. The van der Waals surface area contributed by atoms with Gasteiger partial charge in [0.2, 0.25) is 5.82 Å². The molecule has 1 aromatic heterocycles. The van der Waals surface area contributed by atoms with Crippen molar-refractivity contribution in [3.05, 3.63) is 27.9 Å². The predicted molar refractivity (Wildman–Crippen MR) is 67.7 cm³/mol. The van der Waals surface area contributed by atoms with Gasteiger partial charge < -0.3 is 14.9 Å². The fraction of sp³-hybridized carbons (Fsp3) is 0.455. The molecule has 1 aliphatic rings. The molecule has 22 heavy (non-hydrogen) atoms. The zero-order valence-electron chi connectivity index (χ0n) is 11.1. The molecular weight excluding hydrogens is 309 g/mol. The van der Waals surface area contributed by atoms with Crippen LogP contribution in [0.2, 0.25) is 0 Å². The van der Waals surface area contributed by atoms with Gasteiger partial charge >= 0.3 is 18.0 Å². The summed E-state index contributed by atoms with van der Waals surface area (Å²) < 4.78 is 37.8. The Balaban J connectivity index is 2.28. The summed E-state index contributed by atoms with van der Waals surface area (Å²) >= 11 is 0. The first kappa shape index (κ1) is 15.8. The normalized spacial score (nSPS) is 15.8. The van der Waals surface area contributed by atoms with Crippen molar-refractivity contribution in [1.82, 2.24) is 9.88 Å². The molecule has 120 valence electrons. The van der Waals surface area contributed by atoms with Crippen LogP contribution in [0.15, 0.2) is 12.3 Å². The molecule has 11 heteroatoms. The molecule has 1 amide bonds. The molecule has 0 unspecified atom stereocenters. The number of alkyl halides is 3. The Bertz CT molecular complexity index is 599. The summed E-state index contributed by atoms with van der Waals surface area (Å²) in [5, 5.41) is 19.8. The van der Waals surface area contributed by atoms with Crippen molar-refractivity contribution in [3.8, 4) is 0 Å². The first-order valence-corrected chi connectivity index (χ1v) is 6.14. The van der Waals surface area contributed by atoms with Crippen LogP contribution < -0.4 is 4.90 Å². The van der Waals surface area contributed by atoms with Crippen LogP contribution in [0.5, 0.6) is 0 Å². The predicted octanol–water partition coefficient (Wildman–Crippen LogP) is 1.81. The number of carboxylic acid groups (broad SMARTS) is 1. The largest absolute Gasteiger partial charge is 0.465 e. The molecule has 1 aliphatic heterocycles. The van der Waals surface area contributed by atoms with Crippen LogP contribution in [0.3, 0.4) is 0 Å². The van der Waals surface area contributed by atoms with Gasteiger partial charge in [-0.15, -0.1) is 0 Å². The number of aromatic nitrogens is 1. The Morgan fingerprint density at radius 1 is 1.32 bits per heavy atom. The lowest BCUT2D eigenvalue weighted by atomic mass is 10.2. The van der Waals surface area contributed by atoms with Gasteiger partial charge in [-0.05, 0) is 0 Å². The molecule has 0 aromatic carbocycles. The monoisotopic (exact) mass is 320 g/mol. The van der Waals surface area contributed by atoms with E-state index < -0.39 is 28.4 Å². The highest BCUT2D eigenvalue weighted by Gasteiger charge is 2.35. The van der Waals surface area contributed by atoms with Crippen LogP contribution in [0.1, 0.15) is 5.56 Å². The van der Waals surface area contributed by atoms with Crippen LogP contribution in [-0.2, 0) is 6.18 Å². The molecule has 0 bridgehead atoms. The van der Waals surface area contributed by atoms with E-state index in [1.54, 1.807) is 0 Å². The second kappa shape index (κ2) is 5.66. The SMILES string of the molecule is O=C(O)N1CCN(c2ncc(C(F)(F)F)cc2[N+](=O)[O-])CC1. The van der Waals surface area contributed by atoms with Crippen LogP contribution in [0.25, 0.3) is 0 Å². The van der Waals surface area contributed by atoms with E-state index in [0.717, 1.165) is 4.90 Å². The van der Waals surface area contributed by atoms with Gasteiger partial charge in [-0.2, -0.15) is 13.2 Å². The zero-order valence-corrected chi connectivity index (χ0v) is 11.1. The van der Waals surface area contributed by atoms with E-state index in [2.05, 4.69) is 4.98 Å². The number of halogens is 3. The third kappa shape index (κ3) is 3.18. The number of rotatable bonds is 2. The van der Waals surface area contributed by atoms with Crippen LogP contribution in [0.4, 0.5) is 29.5 Å². The van der Waals surface area contributed by atoms with E-state index >= 15 is 0 Å². The van der Waals surface area contributed by atoms with Gasteiger partial charge in [-0.3, -0.25) is 10.1 Å². The summed E-state index contributed by atoms with van der Waals surface area (Å²) in [5.41, 5.74) is -1.95. The van der Waals surface area contributed by atoms with Gasteiger partial charge in [0.1, 0.15) is 0 Å². The second-order valence-electron chi connectivity index (χ2n) is 4.58. The molecule has 0 radical (unpaired) electrons. The summed E-state index contributed by atoms with van der Waals surface area (Å²) in [6.45, 7) is 0.418. The number of hydrogen-bond acceptors (Lipinski definition) is 5. The van der Waals surface area contributed by atoms with Crippen molar-refractivity contribution in [2.24, 2.45) is 0 Å². The van der Waals surface area contributed by atoms with Gasteiger partial charge in [0.05, 0.1) is 10.5 Å². The highest BCUT2D eigenvalue weighted by atomic mass is 19.4. The molecule has 0 spiro atoms. The lowest BCUT2D eigenvalue weighted by molar-refractivity contribution is -0.384. The molecule has 0 aliphatic carbocycles. The maximum Gasteiger partial charge on any atom is 0.418 e. The molecular formula is C11H11F3N4O4. The lowest BCUT2D eigenvalue weighted by Crippen LogP contribution is -2.48.